The van der Waals surface area contributed by atoms with E-state index in [4.69, 9.17) is 5.11 Å². The molecule has 2 aromatic heterocycles. The molecule has 0 fully saturated rings. The molecule has 2 aromatic rings. The number of rotatable bonds is 3. The number of thiophene rings is 1. The van der Waals surface area contributed by atoms with Crippen molar-refractivity contribution < 1.29 is 9.90 Å². The summed E-state index contributed by atoms with van der Waals surface area (Å²) >= 11 is 3.22. The molecule has 1 unspecified atom stereocenters. The predicted octanol–water partition coefficient (Wildman–Crippen LogP) is 3.70. The molecule has 1 aliphatic carbocycles. The fourth-order valence-corrected chi connectivity index (χ4v) is 4.29. The highest BCUT2D eigenvalue weighted by atomic mass is 32.1. The quantitative estimate of drug-likeness (QED) is 0.906. The van der Waals surface area contributed by atoms with Gasteiger partial charge in [-0.3, -0.25) is 0 Å². The summed E-state index contributed by atoms with van der Waals surface area (Å²) in [6, 6.07) is 2.43. The highest BCUT2D eigenvalue weighted by molar-refractivity contribution is 7.15. The minimum atomic E-state index is -0.957. The second kappa shape index (κ2) is 4.94. The topological polar surface area (TPSA) is 62.2 Å². The number of carbonyl (C=O) groups is 1. The Bertz CT molecular complexity index is 618. The molecule has 4 nitrogen and oxygen atoms in total. The third-order valence-corrected chi connectivity index (χ3v) is 5.25. The van der Waals surface area contributed by atoms with Gasteiger partial charge in [0.25, 0.3) is 0 Å². The van der Waals surface area contributed by atoms with E-state index >= 15 is 0 Å². The molecule has 6 heteroatoms. The number of aromatic carboxylic acids is 1. The number of nitrogens with one attached hydrogen (secondary N) is 1. The lowest BCUT2D eigenvalue weighted by atomic mass is 9.94. The fraction of sp³-hybridized carbons (Fsp3) is 0.385. The number of aryl methyl sites for hydroxylation is 2. The van der Waals surface area contributed by atoms with E-state index in [0.29, 0.717) is 5.13 Å². The number of thiazole rings is 1. The van der Waals surface area contributed by atoms with Crippen LogP contribution in [-0.2, 0) is 6.42 Å². The first kappa shape index (κ1) is 12.6. The van der Waals surface area contributed by atoms with Crippen LogP contribution in [-0.4, -0.2) is 16.1 Å². The number of carboxylic acid groups (broad SMARTS) is 1. The van der Waals surface area contributed by atoms with E-state index in [1.165, 1.54) is 28.2 Å². The fourth-order valence-electron chi connectivity index (χ4n) is 2.44. The van der Waals surface area contributed by atoms with Crippen molar-refractivity contribution in [1.29, 1.82) is 0 Å². The van der Waals surface area contributed by atoms with Gasteiger partial charge in [0.15, 0.2) is 10.8 Å². The van der Waals surface area contributed by atoms with Crippen molar-refractivity contribution in [1.82, 2.24) is 4.98 Å². The molecule has 0 radical (unpaired) electrons. The van der Waals surface area contributed by atoms with E-state index in [1.54, 1.807) is 18.3 Å². The summed E-state index contributed by atoms with van der Waals surface area (Å²) in [6.07, 6.45) is 3.40. The second-order valence-electron chi connectivity index (χ2n) is 4.62. The molecule has 0 saturated heterocycles. The minimum absolute atomic E-state index is 0.161. The van der Waals surface area contributed by atoms with Crippen molar-refractivity contribution in [2.75, 3.05) is 5.32 Å². The first-order valence-corrected chi connectivity index (χ1v) is 7.88. The number of carboxylic acids is 1. The van der Waals surface area contributed by atoms with Gasteiger partial charge in [0.05, 0.1) is 6.04 Å². The molecule has 0 aromatic carbocycles. The number of hydrogen-bond acceptors (Lipinski definition) is 5. The van der Waals surface area contributed by atoms with Crippen LogP contribution in [0.1, 0.15) is 44.7 Å². The van der Waals surface area contributed by atoms with Crippen molar-refractivity contribution in [3.8, 4) is 0 Å². The second-order valence-corrected chi connectivity index (χ2v) is 6.82. The molecule has 0 saturated carbocycles. The minimum Gasteiger partial charge on any atom is -0.476 e. The van der Waals surface area contributed by atoms with Crippen molar-refractivity contribution in [3.63, 3.8) is 0 Å². The SMILES string of the molecule is Cc1sc(NC2CCCc3sccc32)nc1C(=O)O. The monoisotopic (exact) mass is 294 g/mol. The van der Waals surface area contributed by atoms with Crippen molar-refractivity contribution in [3.05, 3.63) is 32.5 Å². The van der Waals surface area contributed by atoms with Gasteiger partial charge in [0.2, 0.25) is 0 Å². The van der Waals surface area contributed by atoms with E-state index < -0.39 is 5.97 Å². The lowest BCUT2D eigenvalue weighted by Crippen LogP contribution is -2.15. The Morgan fingerprint density at radius 3 is 3.16 bits per heavy atom. The first-order valence-electron chi connectivity index (χ1n) is 6.18. The molecule has 1 aliphatic rings. The van der Waals surface area contributed by atoms with Crippen molar-refractivity contribution in [2.45, 2.75) is 32.2 Å². The summed E-state index contributed by atoms with van der Waals surface area (Å²) in [5, 5.41) is 15.3. The first-order chi connectivity index (χ1) is 9.15. The molecular weight excluding hydrogens is 280 g/mol. The van der Waals surface area contributed by atoms with Crippen molar-refractivity contribution >= 4 is 33.8 Å². The number of nitrogens with zero attached hydrogens (tertiary/aromatic N) is 1. The lowest BCUT2D eigenvalue weighted by Gasteiger charge is -2.23. The Morgan fingerprint density at radius 1 is 1.58 bits per heavy atom. The van der Waals surface area contributed by atoms with Crippen LogP contribution >= 0.6 is 22.7 Å². The molecular formula is C13H14N2O2S2. The average molecular weight is 294 g/mol. The van der Waals surface area contributed by atoms with Gasteiger partial charge >= 0.3 is 5.97 Å². The zero-order valence-corrected chi connectivity index (χ0v) is 12.1. The molecule has 2 N–H and O–H groups in total. The zero-order valence-electron chi connectivity index (χ0n) is 10.5. The Morgan fingerprint density at radius 2 is 2.42 bits per heavy atom. The van der Waals surface area contributed by atoms with Crippen LogP contribution in [0, 0.1) is 6.92 Å². The maximum Gasteiger partial charge on any atom is 0.355 e. The molecule has 0 bridgehead atoms. The number of aromatic nitrogens is 1. The summed E-state index contributed by atoms with van der Waals surface area (Å²) in [7, 11) is 0. The van der Waals surface area contributed by atoms with Gasteiger partial charge in [-0.1, -0.05) is 0 Å². The van der Waals surface area contributed by atoms with Crippen molar-refractivity contribution in [2.24, 2.45) is 0 Å². The van der Waals surface area contributed by atoms with Crippen LogP contribution in [0.25, 0.3) is 0 Å². The van der Waals surface area contributed by atoms with Gasteiger partial charge in [-0.2, -0.15) is 0 Å². The van der Waals surface area contributed by atoms with Crippen LogP contribution in [0.3, 0.4) is 0 Å². The Hall–Kier alpha value is -1.40. The molecule has 0 amide bonds. The molecule has 2 heterocycles. The molecule has 3 rings (SSSR count). The van der Waals surface area contributed by atoms with E-state index in [-0.39, 0.29) is 11.7 Å². The van der Waals surface area contributed by atoms with Crippen LogP contribution in [0.15, 0.2) is 11.4 Å². The summed E-state index contributed by atoms with van der Waals surface area (Å²) in [5.74, 6) is -0.957. The van der Waals surface area contributed by atoms with Crippen LogP contribution in [0.4, 0.5) is 5.13 Å². The zero-order chi connectivity index (χ0) is 13.4. The van der Waals surface area contributed by atoms with E-state index in [1.807, 2.05) is 0 Å². The van der Waals surface area contributed by atoms with Gasteiger partial charge < -0.3 is 10.4 Å². The summed E-state index contributed by atoms with van der Waals surface area (Å²) in [5.41, 5.74) is 1.51. The largest absolute Gasteiger partial charge is 0.476 e. The van der Waals surface area contributed by atoms with E-state index in [2.05, 4.69) is 21.7 Å². The molecule has 0 aliphatic heterocycles. The summed E-state index contributed by atoms with van der Waals surface area (Å²) < 4.78 is 0. The highest BCUT2D eigenvalue weighted by Crippen LogP contribution is 2.36. The third kappa shape index (κ3) is 2.37. The van der Waals surface area contributed by atoms with Gasteiger partial charge in [0, 0.05) is 9.75 Å². The average Bonchev–Trinajstić information content (AvgIpc) is 2.96. The smallest absolute Gasteiger partial charge is 0.355 e. The maximum atomic E-state index is 11.0. The van der Waals surface area contributed by atoms with E-state index in [0.717, 1.165) is 17.7 Å². The Balaban J connectivity index is 1.83. The third-order valence-electron chi connectivity index (χ3n) is 3.35. The van der Waals surface area contributed by atoms with Crippen LogP contribution in [0.5, 0.6) is 0 Å². The van der Waals surface area contributed by atoms with Crippen LogP contribution < -0.4 is 5.32 Å². The van der Waals surface area contributed by atoms with Gasteiger partial charge in [-0.05, 0) is 43.2 Å². The summed E-state index contributed by atoms with van der Waals surface area (Å²) in [4.78, 5) is 17.4. The molecule has 0 spiro atoms. The van der Waals surface area contributed by atoms with Gasteiger partial charge in [-0.15, -0.1) is 22.7 Å². The number of hydrogen-bond donors (Lipinski definition) is 2. The summed E-state index contributed by atoms with van der Waals surface area (Å²) in [6.45, 7) is 1.79. The highest BCUT2D eigenvalue weighted by Gasteiger charge is 2.23. The van der Waals surface area contributed by atoms with E-state index in [9.17, 15) is 4.79 Å². The molecule has 1 atom stereocenters. The molecule has 100 valence electrons. The van der Waals surface area contributed by atoms with Gasteiger partial charge in [0.1, 0.15) is 0 Å². The van der Waals surface area contributed by atoms with Crippen LogP contribution in [0.2, 0.25) is 0 Å². The Kier molecular flexibility index (Phi) is 3.28. The normalized spacial score (nSPS) is 18.1. The van der Waals surface area contributed by atoms with Gasteiger partial charge in [-0.25, -0.2) is 9.78 Å². The lowest BCUT2D eigenvalue weighted by molar-refractivity contribution is 0.0690. The molecule has 19 heavy (non-hydrogen) atoms. The maximum absolute atomic E-state index is 11.0. The number of fused-ring (bicyclic) bond motifs is 1. The Labute approximate surface area is 119 Å². The predicted molar refractivity (Wildman–Crippen MR) is 77.4 cm³/mol. The number of anilines is 1. The standard InChI is InChI=1S/C13H14N2O2S2/c1-7-11(12(16)17)15-13(19-7)14-9-3-2-4-10-8(9)5-6-18-10/h5-6,9H,2-4H2,1H3,(H,14,15)(H,16,17).